The van der Waals surface area contributed by atoms with Crippen LogP contribution in [-0.4, -0.2) is 22.5 Å². The van der Waals surface area contributed by atoms with Crippen molar-refractivity contribution >= 4 is 23.3 Å². The number of hydrogen-bond acceptors (Lipinski definition) is 4. The first-order chi connectivity index (χ1) is 14.1. The van der Waals surface area contributed by atoms with Gasteiger partial charge in [-0.3, -0.25) is 4.79 Å². The Morgan fingerprint density at radius 1 is 1.21 bits per heavy atom. The second kappa shape index (κ2) is 8.68. The molecule has 0 saturated heterocycles. The second-order valence-corrected chi connectivity index (χ2v) is 7.37. The Kier molecular flexibility index (Phi) is 5.83. The third-order valence-electron chi connectivity index (χ3n) is 4.85. The summed E-state index contributed by atoms with van der Waals surface area (Å²) in [4.78, 5) is 12.7. The van der Waals surface area contributed by atoms with Gasteiger partial charge in [-0.15, -0.1) is 0 Å². The molecule has 6 nitrogen and oxygen atoms in total. The fourth-order valence-corrected chi connectivity index (χ4v) is 3.63. The number of halogens is 1. The van der Waals surface area contributed by atoms with Crippen LogP contribution in [0.4, 0.5) is 5.82 Å². The van der Waals surface area contributed by atoms with Crippen LogP contribution in [-0.2, 0) is 35.5 Å². The normalized spacial score (nSPS) is 12.9. The van der Waals surface area contributed by atoms with Crippen molar-refractivity contribution in [2.75, 3.05) is 12.1 Å². The van der Waals surface area contributed by atoms with Gasteiger partial charge in [0.15, 0.2) is 6.79 Å². The highest BCUT2D eigenvalue weighted by atomic mass is 35.5. The molecule has 3 aromatic rings. The van der Waals surface area contributed by atoms with Gasteiger partial charge in [0.25, 0.3) is 0 Å². The summed E-state index contributed by atoms with van der Waals surface area (Å²) >= 11 is 6.19. The van der Waals surface area contributed by atoms with Gasteiger partial charge in [-0.1, -0.05) is 42.8 Å². The first kappa shape index (κ1) is 19.5. The Labute approximate surface area is 174 Å². The number of rotatable bonds is 6. The standard InChI is InChI=1S/C22H22ClN3O3/c1-2-15-3-5-16(6-4-15)12-26-20(7-8-24-26)25-21(27)11-17-9-19(23)10-18-13-28-14-29-22(17)18/h3-10H,2,11-14H2,1H3,(H,25,27). The van der Waals surface area contributed by atoms with Crippen LogP contribution >= 0.6 is 11.6 Å². The average molecular weight is 412 g/mol. The molecule has 2 heterocycles. The molecular weight excluding hydrogens is 390 g/mol. The van der Waals surface area contributed by atoms with E-state index in [1.54, 1.807) is 29.1 Å². The van der Waals surface area contributed by atoms with Crippen LogP contribution in [0.25, 0.3) is 0 Å². The molecule has 150 valence electrons. The molecule has 0 spiro atoms. The van der Waals surface area contributed by atoms with Crippen molar-refractivity contribution in [1.29, 1.82) is 0 Å². The van der Waals surface area contributed by atoms with E-state index in [9.17, 15) is 4.79 Å². The van der Waals surface area contributed by atoms with E-state index in [2.05, 4.69) is 41.6 Å². The number of carbonyl (C=O) groups is 1. The maximum absolute atomic E-state index is 12.7. The predicted molar refractivity (Wildman–Crippen MR) is 111 cm³/mol. The quantitative estimate of drug-likeness (QED) is 0.660. The number of aryl methyl sites for hydroxylation is 1. The van der Waals surface area contributed by atoms with Crippen molar-refractivity contribution in [3.63, 3.8) is 0 Å². The van der Waals surface area contributed by atoms with Crippen LogP contribution in [0, 0.1) is 0 Å². The smallest absolute Gasteiger partial charge is 0.230 e. The van der Waals surface area contributed by atoms with Crippen molar-refractivity contribution in [2.45, 2.75) is 32.9 Å². The summed E-state index contributed by atoms with van der Waals surface area (Å²) in [6, 6.07) is 13.8. The van der Waals surface area contributed by atoms with Gasteiger partial charge >= 0.3 is 0 Å². The van der Waals surface area contributed by atoms with Crippen LogP contribution in [0.15, 0.2) is 48.7 Å². The van der Waals surface area contributed by atoms with Gasteiger partial charge in [0.2, 0.25) is 5.91 Å². The molecule has 0 fully saturated rings. The molecule has 7 heteroatoms. The van der Waals surface area contributed by atoms with Gasteiger partial charge in [-0.25, -0.2) is 4.68 Å². The van der Waals surface area contributed by atoms with Gasteiger partial charge in [0.1, 0.15) is 11.6 Å². The summed E-state index contributed by atoms with van der Waals surface area (Å²) < 4.78 is 12.7. The number of aromatic nitrogens is 2. The number of anilines is 1. The Bertz CT molecular complexity index is 1010. The highest BCUT2D eigenvalue weighted by molar-refractivity contribution is 6.30. The fourth-order valence-electron chi connectivity index (χ4n) is 3.37. The van der Waals surface area contributed by atoms with Crippen molar-refractivity contribution in [3.8, 4) is 5.75 Å². The predicted octanol–water partition coefficient (Wildman–Crippen LogP) is 4.19. The number of fused-ring (bicyclic) bond motifs is 1. The van der Waals surface area contributed by atoms with Gasteiger partial charge in [0.05, 0.1) is 25.8 Å². The molecule has 0 radical (unpaired) electrons. The molecule has 1 aromatic heterocycles. The van der Waals surface area contributed by atoms with Gasteiger partial charge < -0.3 is 14.8 Å². The van der Waals surface area contributed by atoms with Crippen LogP contribution in [0.2, 0.25) is 5.02 Å². The third-order valence-corrected chi connectivity index (χ3v) is 5.07. The lowest BCUT2D eigenvalue weighted by molar-refractivity contribution is -0.115. The monoisotopic (exact) mass is 411 g/mol. The molecule has 0 unspecified atom stereocenters. The van der Waals surface area contributed by atoms with Crippen LogP contribution < -0.4 is 10.1 Å². The maximum Gasteiger partial charge on any atom is 0.230 e. The number of amides is 1. The van der Waals surface area contributed by atoms with Crippen molar-refractivity contribution in [3.05, 3.63) is 75.9 Å². The van der Waals surface area contributed by atoms with Crippen molar-refractivity contribution in [2.24, 2.45) is 0 Å². The molecule has 0 saturated carbocycles. The van der Waals surface area contributed by atoms with E-state index in [-0.39, 0.29) is 19.1 Å². The zero-order valence-corrected chi connectivity index (χ0v) is 16.9. The number of carbonyl (C=O) groups excluding carboxylic acids is 1. The molecule has 4 rings (SSSR count). The average Bonchev–Trinajstić information content (AvgIpc) is 3.14. The Morgan fingerprint density at radius 2 is 2.00 bits per heavy atom. The van der Waals surface area contributed by atoms with E-state index in [0.717, 1.165) is 23.1 Å². The first-order valence-corrected chi connectivity index (χ1v) is 9.91. The minimum atomic E-state index is -0.160. The first-order valence-electron chi connectivity index (χ1n) is 9.53. The Balaban J connectivity index is 1.46. The van der Waals surface area contributed by atoms with Gasteiger partial charge in [-0.2, -0.15) is 5.10 Å². The molecule has 1 aliphatic heterocycles. The minimum absolute atomic E-state index is 0.152. The Morgan fingerprint density at radius 3 is 2.79 bits per heavy atom. The number of hydrogen-bond donors (Lipinski definition) is 1. The van der Waals surface area contributed by atoms with E-state index in [4.69, 9.17) is 21.1 Å². The molecule has 1 N–H and O–H groups in total. The summed E-state index contributed by atoms with van der Waals surface area (Å²) in [5.74, 6) is 1.17. The van der Waals surface area contributed by atoms with Crippen LogP contribution in [0.5, 0.6) is 5.75 Å². The minimum Gasteiger partial charge on any atom is -0.467 e. The summed E-state index contributed by atoms with van der Waals surface area (Å²) in [5.41, 5.74) is 4.01. The topological polar surface area (TPSA) is 65.4 Å². The number of benzene rings is 2. The van der Waals surface area contributed by atoms with Crippen LogP contribution in [0.1, 0.15) is 29.2 Å². The van der Waals surface area contributed by atoms with E-state index < -0.39 is 0 Å². The SMILES string of the molecule is CCc1ccc(Cn2nccc2NC(=O)Cc2cc(Cl)cc3c2OCOC3)cc1. The second-order valence-electron chi connectivity index (χ2n) is 6.93. The zero-order valence-electron chi connectivity index (χ0n) is 16.2. The van der Waals surface area contributed by atoms with E-state index >= 15 is 0 Å². The number of nitrogens with one attached hydrogen (secondary N) is 1. The Hall–Kier alpha value is -2.83. The molecule has 1 amide bonds. The molecule has 2 aromatic carbocycles. The molecule has 0 atom stereocenters. The van der Waals surface area contributed by atoms with E-state index in [1.807, 2.05) is 0 Å². The molecule has 0 bridgehead atoms. The molecule has 0 aliphatic carbocycles. The van der Waals surface area contributed by atoms with Crippen LogP contribution in [0.3, 0.4) is 0 Å². The molecular formula is C22H22ClN3O3. The zero-order chi connectivity index (χ0) is 20.2. The molecule has 1 aliphatic rings. The molecule has 29 heavy (non-hydrogen) atoms. The summed E-state index contributed by atoms with van der Waals surface area (Å²) in [6.07, 6.45) is 2.84. The number of nitrogens with zero attached hydrogens (tertiary/aromatic N) is 2. The summed E-state index contributed by atoms with van der Waals surface area (Å²) in [6.45, 7) is 3.31. The largest absolute Gasteiger partial charge is 0.467 e. The lowest BCUT2D eigenvalue weighted by atomic mass is 10.1. The van der Waals surface area contributed by atoms with Crippen molar-refractivity contribution < 1.29 is 14.3 Å². The van der Waals surface area contributed by atoms with E-state index in [0.29, 0.717) is 29.7 Å². The highest BCUT2D eigenvalue weighted by Gasteiger charge is 2.19. The highest BCUT2D eigenvalue weighted by Crippen LogP contribution is 2.32. The summed E-state index contributed by atoms with van der Waals surface area (Å²) in [5, 5.41) is 7.83. The number of ether oxygens (including phenoxy) is 2. The maximum atomic E-state index is 12.7. The van der Waals surface area contributed by atoms with Gasteiger partial charge in [-0.05, 0) is 29.7 Å². The fraction of sp³-hybridized carbons (Fsp3) is 0.273. The van der Waals surface area contributed by atoms with Gasteiger partial charge in [0, 0.05) is 22.2 Å². The lowest BCUT2D eigenvalue weighted by Gasteiger charge is -2.21. The van der Waals surface area contributed by atoms with Crippen molar-refractivity contribution in [1.82, 2.24) is 9.78 Å². The third kappa shape index (κ3) is 4.60. The lowest BCUT2D eigenvalue weighted by Crippen LogP contribution is -2.20. The summed E-state index contributed by atoms with van der Waals surface area (Å²) in [7, 11) is 0. The van der Waals surface area contributed by atoms with E-state index in [1.165, 1.54) is 5.56 Å².